The Balaban J connectivity index is 1.77. The van der Waals surface area contributed by atoms with Gasteiger partial charge in [-0.25, -0.2) is 0 Å². The first-order valence-corrected chi connectivity index (χ1v) is 9.02. The van der Waals surface area contributed by atoms with E-state index in [1.165, 1.54) is 12.1 Å². The van der Waals surface area contributed by atoms with Gasteiger partial charge in [-0.15, -0.1) is 0 Å². The van der Waals surface area contributed by atoms with E-state index in [9.17, 15) is 14.9 Å². The highest BCUT2D eigenvalue weighted by Gasteiger charge is 2.18. The highest BCUT2D eigenvalue weighted by molar-refractivity contribution is 5.82. The van der Waals surface area contributed by atoms with Crippen LogP contribution >= 0.6 is 0 Å². The van der Waals surface area contributed by atoms with Crippen LogP contribution in [0.15, 0.2) is 82.0 Å². The van der Waals surface area contributed by atoms with Crippen LogP contribution in [0.4, 0.5) is 5.69 Å². The molecule has 4 aromatic rings. The van der Waals surface area contributed by atoms with Gasteiger partial charge in [0.2, 0.25) is 11.2 Å². The molecular weight excluding hydrogens is 370 g/mol. The molecule has 0 aliphatic rings. The number of nitrogens with zero attached hydrogens (tertiary/aromatic N) is 1. The molecule has 0 spiro atoms. The third-order valence-electron chi connectivity index (χ3n) is 4.57. The van der Waals surface area contributed by atoms with Crippen molar-refractivity contribution in [3.63, 3.8) is 0 Å². The molecular formula is C23H17NO5. The summed E-state index contributed by atoms with van der Waals surface area (Å²) in [6.45, 7) is 1.99. The van der Waals surface area contributed by atoms with Crippen LogP contribution < -0.4 is 10.2 Å². The maximum atomic E-state index is 13.2. The second kappa shape index (κ2) is 7.59. The normalized spacial score (nSPS) is 10.8. The van der Waals surface area contributed by atoms with Crippen LogP contribution in [0, 0.1) is 17.0 Å². The van der Waals surface area contributed by atoms with Gasteiger partial charge in [0.05, 0.1) is 10.3 Å². The second-order valence-electron chi connectivity index (χ2n) is 6.67. The molecule has 6 nitrogen and oxygen atoms in total. The van der Waals surface area contributed by atoms with Gasteiger partial charge in [0.1, 0.15) is 12.2 Å². The topological polar surface area (TPSA) is 82.6 Å². The minimum Gasteiger partial charge on any atom is -0.481 e. The molecule has 0 aliphatic carbocycles. The molecule has 6 heteroatoms. The van der Waals surface area contributed by atoms with Gasteiger partial charge in [-0.2, -0.15) is 0 Å². The van der Waals surface area contributed by atoms with Crippen molar-refractivity contribution in [2.45, 2.75) is 13.5 Å². The number of hydrogen-bond donors (Lipinski definition) is 0. The Morgan fingerprint density at radius 3 is 2.41 bits per heavy atom. The monoisotopic (exact) mass is 387 g/mol. The van der Waals surface area contributed by atoms with Crippen molar-refractivity contribution in [3.05, 3.63) is 104 Å². The smallest absolute Gasteiger partial charge is 0.269 e. The van der Waals surface area contributed by atoms with Gasteiger partial charge in [0.15, 0.2) is 5.76 Å². The number of aryl methyl sites for hydroxylation is 1. The summed E-state index contributed by atoms with van der Waals surface area (Å²) in [4.78, 5) is 23.5. The molecule has 0 saturated carbocycles. The van der Waals surface area contributed by atoms with Gasteiger partial charge in [-0.3, -0.25) is 14.9 Å². The quantitative estimate of drug-likeness (QED) is 0.345. The van der Waals surface area contributed by atoms with Crippen LogP contribution in [0.5, 0.6) is 5.75 Å². The number of benzene rings is 3. The van der Waals surface area contributed by atoms with Crippen LogP contribution in [0.3, 0.4) is 0 Å². The lowest BCUT2D eigenvalue weighted by Crippen LogP contribution is -2.10. The summed E-state index contributed by atoms with van der Waals surface area (Å²) >= 11 is 0. The van der Waals surface area contributed by atoms with Gasteiger partial charge in [-0.1, -0.05) is 42.0 Å². The largest absolute Gasteiger partial charge is 0.481 e. The number of ether oxygens (including phenoxy) is 1. The predicted molar refractivity (Wildman–Crippen MR) is 110 cm³/mol. The summed E-state index contributed by atoms with van der Waals surface area (Å²) in [5.74, 6) is 0.474. The molecule has 3 aromatic carbocycles. The van der Waals surface area contributed by atoms with Crippen molar-refractivity contribution in [3.8, 4) is 17.1 Å². The molecule has 0 radical (unpaired) electrons. The van der Waals surface area contributed by atoms with Crippen molar-refractivity contribution < 1.29 is 14.1 Å². The Morgan fingerprint density at radius 1 is 1.00 bits per heavy atom. The molecule has 144 valence electrons. The zero-order valence-corrected chi connectivity index (χ0v) is 15.6. The van der Waals surface area contributed by atoms with Crippen LogP contribution in [-0.2, 0) is 6.61 Å². The van der Waals surface area contributed by atoms with Crippen LogP contribution in [-0.4, -0.2) is 4.92 Å². The third kappa shape index (κ3) is 3.73. The number of nitro groups is 1. The average molecular weight is 387 g/mol. The highest BCUT2D eigenvalue weighted by atomic mass is 16.6. The Kier molecular flexibility index (Phi) is 4.83. The summed E-state index contributed by atoms with van der Waals surface area (Å²) < 4.78 is 11.9. The first kappa shape index (κ1) is 18.4. The van der Waals surface area contributed by atoms with E-state index in [2.05, 4.69) is 0 Å². The van der Waals surface area contributed by atoms with Gasteiger partial charge in [0.25, 0.3) is 5.69 Å². The molecule has 0 fully saturated rings. The molecule has 0 amide bonds. The number of non-ortho nitro benzene ring substituents is 1. The fourth-order valence-corrected chi connectivity index (χ4v) is 3.07. The zero-order valence-electron chi connectivity index (χ0n) is 15.6. The van der Waals surface area contributed by atoms with Crippen molar-refractivity contribution in [2.24, 2.45) is 0 Å². The van der Waals surface area contributed by atoms with Crippen LogP contribution in [0.1, 0.15) is 11.1 Å². The number of hydrogen-bond acceptors (Lipinski definition) is 5. The van der Waals surface area contributed by atoms with Crippen LogP contribution in [0.2, 0.25) is 0 Å². The van der Waals surface area contributed by atoms with Crippen LogP contribution in [0.25, 0.3) is 22.3 Å². The summed E-state index contributed by atoms with van der Waals surface area (Å²) in [5.41, 5.74) is 2.61. The third-order valence-corrected chi connectivity index (χ3v) is 4.57. The molecule has 1 aromatic heterocycles. The van der Waals surface area contributed by atoms with Gasteiger partial charge < -0.3 is 9.15 Å². The van der Waals surface area contributed by atoms with E-state index in [1.807, 2.05) is 43.3 Å². The fraction of sp³-hybridized carbons (Fsp3) is 0.0870. The fourth-order valence-electron chi connectivity index (χ4n) is 3.07. The first-order valence-electron chi connectivity index (χ1n) is 9.02. The standard InChI is InChI=1S/C23H17NO5/c1-15-7-12-20-19(13-15)21(25)23(22(29-20)17-5-3-2-4-6-17)28-14-16-8-10-18(11-9-16)24(26)27/h2-13H,14H2,1H3. The average Bonchev–Trinajstić information content (AvgIpc) is 2.74. The van der Waals surface area contributed by atoms with Gasteiger partial charge >= 0.3 is 0 Å². The van der Waals surface area contributed by atoms with E-state index in [4.69, 9.17) is 9.15 Å². The van der Waals surface area contributed by atoms with Crippen molar-refractivity contribution in [1.29, 1.82) is 0 Å². The number of fused-ring (bicyclic) bond motifs is 1. The number of rotatable bonds is 5. The summed E-state index contributed by atoms with van der Waals surface area (Å²) in [5, 5.41) is 11.3. The molecule has 1 heterocycles. The predicted octanol–water partition coefficient (Wildman–Crippen LogP) is 5.26. The zero-order chi connectivity index (χ0) is 20.4. The Hall–Kier alpha value is -3.93. The molecule has 0 N–H and O–H groups in total. The molecule has 4 rings (SSSR count). The summed E-state index contributed by atoms with van der Waals surface area (Å²) in [6.07, 6.45) is 0. The first-order chi connectivity index (χ1) is 14.0. The molecule has 0 atom stereocenters. The second-order valence-corrected chi connectivity index (χ2v) is 6.67. The lowest BCUT2D eigenvalue weighted by atomic mass is 10.1. The van der Waals surface area contributed by atoms with E-state index in [0.717, 1.165) is 11.1 Å². The SMILES string of the molecule is Cc1ccc2oc(-c3ccccc3)c(OCc3ccc([N+](=O)[O-])cc3)c(=O)c2c1. The molecule has 0 aliphatic heterocycles. The highest BCUT2D eigenvalue weighted by Crippen LogP contribution is 2.31. The van der Waals surface area contributed by atoms with E-state index in [1.54, 1.807) is 24.3 Å². The minimum absolute atomic E-state index is 0.000538. The van der Waals surface area contributed by atoms with E-state index < -0.39 is 4.92 Å². The maximum Gasteiger partial charge on any atom is 0.269 e. The number of nitro benzene ring substituents is 1. The van der Waals surface area contributed by atoms with E-state index in [-0.39, 0.29) is 23.5 Å². The maximum absolute atomic E-state index is 13.2. The van der Waals surface area contributed by atoms with E-state index in [0.29, 0.717) is 22.3 Å². The van der Waals surface area contributed by atoms with E-state index >= 15 is 0 Å². The molecule has 0 unspecified atom stereocenters. The Labute approximate surface area is 166 Å². The Morgan fingerprint density at radius 2 is 1.72 bits per heavy atom. The molecule has 0 bridgehead atoms. The molecule has 29 heavy (non-hydrogen) atoms. The van der Waals surface area contributed by atoms with Crippen molar-refractivity contribution >= 4 is 16.7 Å². The van der Waals surface area contributed by atoms with Crippen molar-refractivity contribution in [1.82, 2.24) is 0 Å². The van der Waals surface area contributed by atoms with Crippen molar-refractivity contribution in [2.75, 3.05) is 0 Å². The van der Waals surface area contributed by atoms with Gasteiger partial charge in [0, 0.05) is 17.7 Å². The lowest BCUT2D eigenvalue weighted by Gasteiger charge is -2.12. The summed E-state index contributed by atoms with van der Waals surface area (Å²) in [6, 6.07) is 20.7. The Bertz CT molecular complexity index is 1240. The summed E-state index contributed by atoms with van der Waals surface area (Å²) in [7, 11) is 0. The molecule has 0 saturated heterocycles. The minimum atomic E-state index is -0.460. The van der Waals surface area contributed by atoms with Gasteiger partial charge in [-0.05, 0) is 36.8 Å². The lowest BCUT2D eigenvalue weighted by molar-refractivity contribution is -0.384.